The van der Waals surface area contributed by atoms with Crippen LogP contribution in [0.1, 0.15) is 39.7 Å². The monoisotopic (exact) mass is 265 g/mol. The third-order valence-electron chi connectivity index (χ3n) is 3.34. The van der Waals surface area contributed by atoms with Gasteiger partial charge in [0.25, 0.3) is 0 Å². The molecule has 3 nitrogen and oxygen atoms in total. The first-order chi connectivity index (χ1) is 9.02. The van der Waals surface area contributed by atoms with E-state index in [4.69, 9.17) is 4.74 Å². The van der Waals surface area contributed by atoms with Crippen molar-refractivity contribution >= 4 is 0 Å². The molecule has 3 atom stereocenters. The summed E-state index contributed by atoms with van der Waals surface area (Å²) in [7, 11) is 0. The molecule has 3 heteroatoms. The van der Waals surface area contributed by atoms with Crippen molar-refractivity contribution < 1.29 is 9.84 Å². The van der Waals surface area contributed by atoms with Crippen LogP contribution in [0.3, 0.4) is 0 Å². The quantitative estimate of drug-likeness (QED) is 0.759. The van der Waals surface area contributed by atoms with Gasteiger partial charge < -0.3 is 15.2 Å². The van der Waals surface area contributed by atoms with Crippen LogP contribution in [0.5, 0.6) is 5.75 Å². The lowest BCUT2D eigenvalue weighted by molar-refractivity contribution is 0.0604. The van der Waals surface area contributed by atoms with Gasteiger partial charge >= 0.3 is 0 Å². The number of aliphatic hydroxyl groups is 1. The highest BCUT2D eigenvalue weighted by Gasteiger charge is 2.10. The maximum atomic E-state index is 9.40. The van der Waals surface area contributed by atoms with Gasteiger partial charge in [-0.3, -0.25) is 0 Å². The van der Waals surface area contributed by atoms with Crippen molar-refractivity contribution in [2.45, 2.75) is 58.8 Å². The molecule has 0 amide bonds. The van der Waals surface area contributed by atoms with Crippen LogP contribution in [-0.2, 0) is 6.42 Å². The Morgan fingerprint density at radius 1 is 1.16 bits per heavy atom. The van der Waals surface area contributed by atoms with E-state index >= 15 is 0 Å². The molecule has 1 rings (SSSR count). The average molecular weight is 265 g/mol. The number of aryl methyl sites for hydroxylation is 1. The highest BCUT2D eigenvalue weighted by molar-refractivity contribution is 5.27. The summed E-state index contributed by atoms with van der Waals surface area (Å²) in [6, 6.07) is 8.71. The number of benzene rings is 1. The van der Waals surface area contributed by atoms with Crippen molar-refractivity contribution in [2.24, 2.45) is 0 Å². The summed E-state index contributed by atoms with van der Waals surface area (Å²) in [6.07, 6.45) is 1.57. The summed E-state index contributed by atoms with van der Waals surface area (Å²) >= 11 is 0. The van der Waals surface area contributed by atoms with Crippen LogP contribution in [-0.4, -0.2) is 29.9 Å². The predicted molar refractivity (Wildman–Crippen MR) is 79.7 cm³/mol. The lowest BCUT2D eigenvalue weighted by Gasteiger charge is -2.17. The largest absolute Gasteiger partial charge is 0.488 e. The van der Waals surface area contributed by atoms with Crippen LogP contribution >= 0.6 is 0 Å². The molecule has 1 aromatic carbocycles. The van der Waals surface area contributed by atoms with E-state index in [1.807, 2.05) is 19.1 Å². The zero-order valence-corrected chi connectivity index (χ0v) is 12.5. The van der Waals surface area contributed by atoms with Crippen molar-refractivity contribution in [3.8, 4) is 5.75 Å². The summed E-state index contributed by atoms with van der Waals surface area (Å²) < 4.78 is 5.63. The maximum absolute atomic E-state index is 9.40. The number of nitrogens with one attached hydrogen (secondary N) is 1. The normalized spacial score (nSPS) is 15.8. The molecular formula is C16H27NO2. The molecule has 0 spiro atoms. The fraction of sp³-hybridized carbons (Fsp3) is 0.625. The maximum Gasteiger partial charge on any atom is 0.121 e. The minimum absolute atomic E-state index is 0.181. The third kappa shape index (κ3) is 6.08. The molecule has 0 aliphatic heterocycles. The van der Waals surface area contributed by atoms with Crippen molar-refractivity contribution in [3.05, 3.63) is 29.8 Å². The second kappa shape index (κ2) is 8.18. The van der Waals surface area contributed by atoms with Gasteiger partial charge in [0.1, 0.15) is 11.9 Å². The van der Waals surface area contributed by atoms with E-state index in [2.05, 4.69) is 31.3 Å². The van der Waals surface area contributed by atoms with Crippen molar-refractivity contribution in [1.29, 1.82) is 0 Å². The molecule has 2 N–H and O–H groups in total. The van der Waals surface area contributed by atoms with E-state index < -0.39 is 6.10 Å². The molecule has 0 aliphatic carbocycles. The Bertz CT molecular complexity index is 348. The fourth-order valence-corrected chi connectivity index (χ4v) is 1.88. The third-order valence-corrected chi connectivity index (χ3v) is 3.34. The molecule has 0 aromatic heterocycles. The first kappa shape index (κ1) is 16.0. The van der Waals surface area contributed by atoms with Crippen LogP contribution in [0.4, 0.5) is 0 Å². The van der Waals surface area contributed by atoms with Crippen molar-refractivity contribution in [3.63, 3.8) is 0 Å². The molecule has 0 fully saturated rings. The number of hydrogen-bond acceptors (Lipinski definition) is 3. The van der Waals surface area contributed by atoms with Gasteiger partial charge in [0, 0.05) is 6.04 Å². The van der Waals surface area contributed by atoms with Gasteiger partial charge in [-0.1, -0.05) is 19.1 Å². The second-order valence-corrected chi connectivity index (χ2v) is 5.20. The average Bonchev–Trinajstić information content (AvgIpc) is 2.38. The molecule has 0 aliphatic rings. The van der Waals surface area contributed by atoms with E-state index in [-0.39, 0.29) is 6.10 Å². The Morgan fingerprint density at radius 2 is 1.79 bits per heavy atom. The number of ether oxygens (including phenoxy) is 1. The van der Waals surface area contributed by atoms with Crippen LogP contribution in [0, 0.1) is 0 Å². The topological polar surface area (TPSA) is 41.5 Å². The molecule has 0 radical (unpaired) electrons. The van der Waals surface area contributed by atoms with Crippen molar-refractivity contribution in [1.82, 2.24) is 5.32 Å². The van der Waals surface area contributed by atoms with Crippen LogP contribution < -0.4 is 10.1 Å². The van der Waals surface area contributed by atoms with Crippen LogP contribution in [0.15, 0.2) is 24.3 Å². The minimum Gasteiger partial charge on any atom is -0.488 e. The van der Waals surface area contributed by atoms with Crippen LogP contribution in [0.2, 0.25) is 0 Å². The molecule has 0 saturated carbocycles. The van der Waals surface area contributed by atoms with Gasteiger partial charge in [0.2, 0.25) is 0 Å². The van der Waals surface area contributed by atoms with Gasteiger partial charge in [0.05, 0.1) is 6.10 Å². The van der Waals surface area contributed by atoms with Gasteiger partial charge in [-0.05, 0) is 57.9 Å². The number of hydrogen-bond donors (Lipinski definition) is 2. The standard InChI is InChI=1S/C16H27NO2/c1-5-17-12(2)6-7-15-8-10-16(11-9-15)19-14(4)13(3)18/h8-14,17-18H,5-7H2,1-4H3. The summed E-state index contributed by atoms with van der Waals surface area (Å²) in [6.45, 7) is 8.97. The summed E-state index contributed by atoms with van der Waals surface area (Å²) in [4.78, 5) is 0. The zero-order valence-electron chi connectivity index (χ0n) is 12.5. The smallest absolute Gasteiger partial charge is 0.121 e. The molecule has 0 heterocycles. The highest BCUT2D eigenvalue weighted by atomic mass is 16.5. The van der Waals surface area contributed by atoms with Gasteiger partial charge in [-0.25, -0.2) is 0 Å². The van der Waals surface area contributed by atoms with E-state index in [9.17, 15) is 5.11 Å². The molecule has 1 aromatic rings. The van der Waals surface area contributed by atoms with Gasteiger partial charge in [0.15, 0.2) is 0 Å². The van der Waals surface area contributed by atoms with E-state index in [1.54, 1.807) is 6.92 Å². The van der Waals surface area contributed by atoms with Gasteiger partial charge in [-0.15, -0.1) is 0 Å². The Morgan fingerprint density at radius 3 is 2.32 bits per heavy atom. The van der Waals surface area contributed by atoms with Crippen molar-refractivity contribution in [2.75, 3.05) is 6.54 Å². The SMILES string of the molecule is CCNC(C)CCc1ccc(OC(C)C(C)O)cc1. The summed E-state index contributed by atoms with van der Waals surface area (Å²) in [5, 5.41) is 12.8. The minimum atomic E-state index is -0.458. The molecule has 0 saturated heterocycles. The molecule has 0 bridgehead atoms. The predicted octanol–water partition coefficient (Wildman–Crippen LogP) is 2.77. The van der Waals surface area contributed by atoms with E-state index in [0.717, 1.165) is 25.1 Å². The lowest BCUT2D eigenvalue weighted by Crippen LogP contribution is -2.26. The Hall–Kier alpha value is -1.06. The second-order valence-electron chi connectivity index (χ2n) is 5.20. The zero-order chi connectivity index (χ0) is 14.3. The summed E-state index contributed by atoms with van der Waals surface area (Å²) in [5.41, 5.74) is 1.32. The Labute approximate surface area is 117 Å². The first-order valence-corrected chi connectivity index (χ1v) is 7.20. The lowest BCUT2D eigenvalue weighted by atomic mass is 10.1. The first-order valence-electron chi connectivity index (χ1n) is 7.20. The number of aliphatic hydroxyl groups excluding tert-OH is 1. The van der Waals surface area contributed by atoms with Gasteiger partial charge in [-0.2, -0.15) is 0 Å². The van der Waals surface area contributed by atoms with E-state index in [1.165, 1.54) is 5.56 Å². The molecule has 3 unspecified atom stereocenters. The molecule has 108 valence electrons. The molecular weight excluding hydrogens is 238 g/mol. The highest BCUT2D eigenvalue weighted by Crippen LogP contribution is 2.16. The Kier molecular flexibility index (Phi) is 6.89. The molecule has 19 heavy (non-hydrogen) atoms. The fourth-order valence-electron chi connectivity index (χ4n) is 1.88. The van der Waals surface area contributed by atoms with E-state index in [0.29, 0.717) is 6.04 Å². The number of rotatable bonds is 8. The van der Waals surface area contributed by atoms with Crippen LogP contribution in [0.25, 0.3) is 0 Å². The Balaban J connectivity index is 2.43. The summed E-state index contributed by atoms with van der Waals surface area (Å²) in [5.74, 6) is 0.817.